The molecule has 2 aliphatic heterocycles. The van der Waals surface area contributed by atoms with Gasteiger partial charge < -0.3 is 0 Å². The van der Waals surface area contributed by atoms with Crippen molar-refractivity contribution in [3.8, 4) is 17.2 Å². The Hall–Kier alpha value is -2.20. The van der Waals surface area contributed by atoms with E-state index in [2.05, 4.69) is 54.3 Å². The Kier molecular flexibility index (Phi) is 5.40. The van der Waals surface area contributed by atoms with Crippen LogP contribution in [0, 0.1) is 18.3 Å². The number of nitrogens with zero attached hydrogens (tertiary/aromatic N) is 3. The number of sulfonamides is 1. The Labute approximate surface area is 191 Å². The number of likely N-dealkylation sites (tertiary alicyclic amines) is 1. The molecular weight excluding hydrogens is 418 g/mol. The zero-order chi connectivity index (χ0) is 22.5. The minimum absolute atomic E-state index is 0.114. The summed E-state index contributed by atoms with van der Waals surface area (Å²) in [6, 6.07) is 15.8. The minimum Gasteiger partial charge on any atom is -0.287 e. The van der Waals surface area contributed by atoms with Crippen molar-refractivity contribution in [2.24, 2.45) is 0 Å². The zero-order valence-electron chi connectivity index (χ0n) is 19.0. The first kappa shape index (κ1) is 21.6. The quantitative estimate of drug-likeness (QED) is 0.579. The molecule has 2 aromatic rings. The van der Waals surface area contributed by atoms with Gasteiger partial charge in [-0.2, -0.15) is 9.57 Å². The smallest absolute Gasteiger partial charge is 0.213 e. The average Bonchev–Trinajstić information content (AvgIpc) is 3.17. The molecule has 6 heteroatoms. The van der Waals surface area contributed by atoms with Crippen LogP contribution in [0.25, 0.3) is 11.1 Å². The molecule has 3 aliphatic rings. The van der Waals surface area contributed by atoms with Crippen LogP contribution in [0.4, 0.5) is 0 Å². The molecule has 0 aromatic heterocycles. The summed E-state index contributed by atoms with van der Waals surface area (Å²) in [5, 5.41) is 9.67. The third-order valence-corrected chi connectivity index (χ3v) is 9.56. The number of nitriles is 1. The molecule has 32 heavy (non-hydrogen) atoms. The number of fused-ring (bicyclic) bond motifs is 3. The fourth-order valence-corrected chi connectivity index (χ4v) is 7.36. The van der Waals surface area contributed by atoms with Gasteiger partial charge in [0, 0.05) is 19.1 Å². The molecule has 0 bridgehead atoms. The van der Waals surface area contributed by atoms with E-state index in [1.165, 1.54) is 33.4 Å². The first-order chi connectivity index (χ1) is 15.4. The second-order valence-electron chi connectivity index (χ2n) is 9.59. The lowest BCUT2D eigenvalue weighted by atomic mass is 9.80. The molecule has 2 saturated heterocycles. The summed E-state index contributed by atoms with van der Waals surface area (Å²) in [7, 11) is -3.23. The second-order valence-corrected chi connectivity index (χ2v) is 11.8. The van der Waals surface area contributed by atoms with E-state index in [-0.39, 0.29) is 17.3 Å². The van der Waals surface area contributed by atoms with Crippen LogP contribution < -0.4 is 0 Å². The molecular formula is C26H31N3O2S. The Morgan fingerprint density at radius 3 is 2.69 bits per heavy atom. The van der Waals surface area contributed by atoms with Crippen LogP contribution in [-0.4, -0.2) is 48.5 Å². The normalized spacial score (nSPS) is 22.6. The van der Waals surface area contributed by atoms with Gasteiger partial charge in [0.15, 0.2) is 0 Å². The number of hydrogen-bond acceptors (Lipinski definition) is 4. The van der Waals surface area contributed by atoms with Crippen LogP contribution in [0.15, 0.2) is 36.4 Å². The molecule has 2 fully saturated rings. The predicted molar refractivity (Wildman–Crippen MR) is 127 cm³/mol. The third-order valence-electron chi connectivity index (χ3n) is 7.79. The van der Waals surface area contributed by atoms with E-state index in [4.69, 9.17) is 0 Å². The van der Waals surface area contributed by atoms with Gasteiger partial charge >= 0.3 is 0 Å². The second kappa shape index (κ2) is 7.98. The van der Waals surface area contributed by atoms with Gasteiger partial charge in [-0.15, -0.1) is 0 Å². The van der Waals surface area contributed by atoms with E-state index in [9.17, 15) is 13.7 Å². The van der Waals surface area contributed by atoms with Crippen LogP contribution in [0.2, 0.25) is 0 Å². The van der Waals surface area contributed by atoms with Crippen molar-refractivity contribution in [3.63, 3.8) is 0 Å². The van der Waals surface area contributed by atoms with Gasteiger partial charge in [-0.05, 0) is 73.0 Å². The highest BCUT2D eigenvalue weighted by Gasteiger charge is 2.53. The summed E-state index contributed by atoms with van der Waals surface area (Å²) in [5.41, 5.74) is 7.83. The number of aryl methyl sites for hydroxylation is 1. The highest BCUT2D eigenvalue weighted by atomic mass is 32.2. The Morgan fingerprint density at radius 2 is 1.94 bits per heavy atom. The van der Waals surface area contributed by atoms with E-state index in [1.807, 2.05) is 0 Å². The van der Waals surface area contributed by atoms with Crippen molar-refractivity contribution >= 4 is 10.0 Å². The van der Waals surface area contributed by atoms with E-state index in [1.54, 1.807) is 11.2 Å². The van der Waals surface area contributed by atoms with Gasteiger partial charge in [-0.1, -0.05) is 42.8 Å². The summed E-state index contributed by atoms with van der Waals surface area (Å²) >= 11 is 0. The molecule has 0 radical (unpaired) electrons. The standard InChI is InChI=1S/C26H31N3O2S/c1-3-32(30,31)28-17-26(18-28,13-14-27)29-15-7-6-10-24(29)22-12-11-19(2)25-21-9-5-4-8-20(21)16-23(22)25/h4-5,8-9,11-12,24H,3,6-7,10,13,15-18H2,1-2H3. The van der Waals surface area contributed by atoms with Gasteiger partial charge in [0.1, 0.15) is 0 Å². The lowest BCUT2D eigenvalue weighted by Gasteiger charge is -2.58. The maximum absolute atomic E-state index is 12.4. The fourth-order valence-electron chi connectivity index (χ4n) is 6.12. The maximum Gasteiger partial charge on any atom is 0.213 e. The molecule has 5 nitrogen and oxygen atoms in total. The number of benzene rings is 2. The molecule has 5 rings (SSSR count). The van der Waals surface area contributed by atoms with Crippen molar-refractivity contribution in [1.82, 2.24) is 9.21 Å². The van der Waals surface area contributed by atoms with Crippen LogP contribution in [0.5, 0.6) is 0 Å². The summed E-state index contributed by atoms with van der Waals surface area (Å²) in [4.78, 5) is 2.50. The van der Waals surface area contributed by atoms with Gasteiger partial charge in [-0.25, -0.2) is 8.42 Å². The van der Waals surface area contributed by atoms with Crippen molar-refractivity contribution < 1.29 is 8.42 Å². The SMILES string of the molecule is CCS(=O)(=O)N1CC(CC#N)(N2CCCCC2c2ccc(C)c3c2Cc2ccccc2-3)C1. The first-order valence-electron chi connectivity index (χ1n) is 11.7. The lowest BCUT2D eigenvalue weighted by Crippen LogP contribution is -2.72. The molecule has 0 spiro atoms. The van der Waals surface area contributed by atoms with Gasteiger partial charge in [0.25, 0.3) is 0 Å². The molecule has 0 saturated carbocycles. The Bertz CT molecular complexity index is 1190. The number of rotatable bonds is 5. The predicted octanol–water partition coefficient (Wildman–Crippen LogP) is 4.41. The van der Waals surface area contributed by atoms with Crippen molar-refractivity contribution in [2.45, 2.75) is 57.5 Å². The maximum atomic E-state index is 12.4. The van der Waals surface area contributed by atoms with Gasteiger partial charge in [0.2, 0.25) is 10.0 Å². The zero-order valence-corrected chi connectivity index (χ0v) is 19.8. The minimum atomic E-state index is -3.23. The van der Waals surface area contributed by atoms with Crippen molar-refractivity contribution in [2.75, 3.05) is 25.4 Å². The van der Waals surface area contributed by atoms with E-state index < -0.39 is 10.0 Å². The van der Waals surface area contributed by atoms with Crippen LogP contribution >= 0.6 is 0 Å². The molecule has 1 aliphatic carbocycles. The molecule has 168 valence electrons. The van der Waals surface area contributed by atoms with Crippen molar-refractivity contribution in [1.29, 1.82) is 5.26 Å². The molecule has 2 aromatic carbocycles. The van der Waals surface area contributed by atoms with E-state index in [0.29, 0.717) is 19.5 Å². The molecule has 1 unspecified atom stereocenters. The summed E-state index contributed by atoms with van der Waals surface area (Å²) in [6.45, 7) is 5.67. The summed E-state index contributed by atoms with van der Waals surface area (Å²) in [6.07, 6.45) is 4.64. The molecule has 2 heterocycles. The van der Waals surface area contributed by atoms with Gasteiger partial charge in [-0.3, -0.25) is 4.90 Å². The monoisotopic (exact) mass is 449 g/mol. The third kappa shape index (κ3) is 3.30. The van der Waals surface area contributed by atoms with Crippen LogP contribution in [-0.2, 0) is 16.4 Å². The van der Waals surface area contributed by atoms with Crippen LogP contribution in [0.1, 0.15) is 60.9 Å². The average molecular weight is 450 g/mol. The molecule has 0 N–H and O–H groups in total. The highest BCUT2D eigenvalue weighted by molar-refractivity contribution is 7.89. The van der Waals surface area contributed by atoms with Crippen LogP contribution in [0.3, 0.4) is 0 Å². The molecule has 0 amide bonds. The number of piperidine rings is 1. The summed E-state index contributed by atoms with van der Waals surface area (Å²) < 4.78 is 26.5. The fraction of sp³-hybridized carbons (Fsp3) is 0.500. The Morgan fingerprint density at radius 1 is 1.16 bits per heavy atom. The van der Waals surface area contributed by atoms with Gasteiger partial charge in [0.05, 0.1) is 23.8 Å². The van der Waals surface area contributed by atoms with E-state index in [0.717, 1.165) is 32.2 Å². The topological polar surface area (TPSA) is 64.4 Å². The Balaban J connectivity index is 1.54. The highest BCUT2D eigenvalue weighted by Crippen LogP contribution is 2.48. The molecule has 1 atom stereocenters. The van der Waals surface area contributed by atoms with Crippen molar-refractivity contribution in [3.05, 3.63) is 58.7 Å². The lowest BCUT2D eigenvalue weighted by molar-refractivity contribution is -0.0539. The number of hydrogen-bond donors (Lipinski definition) is 0. The summed E-state index contributed by atoms with van der Waals surface area (Å²) in [5.74, 6) is 0.114. The first-order valence-corrected chi connectivity index (χ1v) is 13.3. The largest absolute Gasteiger partial charge is 0.287 e. The van der Waals surface area contributed by atoms with E-state index >= 15 is 0 Å².